The molecular weight excluding hydrogens is 250 g/mol. The van der Waals surface area contributed by atoms with Gasteiger partial charge < -0.3 is 10.2 Å². The van der Waals surface area contributed by atoms with Crippen LogP contribution in [0.25, 0.3) is 0 Å². The van der Waals surface area contributed by atoms with E-state index in [1.165, 1.54) is 0 Å². The van der Waals surface area contributed by atoms with Crippen molar-refractivity contribution in [2.75, 3.05) is 18.2 Å². The molecule has 0 spiro atoms. The molecule has 3 aliphatic rings. The summed E-state index contributed by atoms with van der Waals surface area (Å²) in [6.07, 6.45) is 1.59. The number of likely N-dealkylation sites (tertiary alicyclic amines) is 1. The van der Waals surface area contributed by atoms with Crippen molar-refractivity contribution in [3.63, 3.8) is 0 Å². The van der Waals surface area contributed by atoms with Crippen molar-refractivity contribution in [2.24, 2.45) is 5.92 Å². The van der Waals surface area contributed by atoms with Gasteiger partial charge in [0.25, 0.3) is 0 Å². The van der Waals surface area contributed by atoms with Gasteiger partial charge in [0.1, 0.15) is 0 Å². The van der Waals surface area contributed by atoms with E-state index < -0.39 is 0 Å². The van der Waals surface area contributed by atoms with E-state index in [2.05, 4.69) is 17.6 Å². The highest BCUT2D eigenvalue weighted by Crippen LogP contribution is 2.37. The summed E-state index contributed by atoms with van der Waals surface area (Å²) in [5, 5.41) is 6.15. The molecule has 2 heterocycles. The van der Waals surface area contributed by atoms with Crippen LogP contribution in [0.4, 0.5) is 0 Å². The second-order valence-corrected chi connectivity index (χ2v) is 6.54. The van der Waals surface area contributed by atoms with Crippen molar-refractivity contribution in [3.8, 4) is 0 Å². The minimum Gasteiger partial charge on any atom is -0.350 e. The molecule has 0 aromatic carbocycles. The molecule has 0 aromatic heterocycles. The Kier molecular flexibility index (Phi) is 3.23. The molecule has 3 rings (SSSR count). The van der Waals surface area contributed by atoms with Gasteiger partial charge in [0.05, 0.1) is 12.1 Å². The van der Waals surface area contributed by atoms with Crippen molar-refractivity contribution in [1.29, 1.82) is 0 Å². The van der Waals surface area contributed by atoms with Crippen molar-refractivity contribution >= 4 is 23.6 Å². The fraction of sp³-hybridized carbons (Fsp3) is 0.833. The van der Waals surface area contributed by atoms with Crippen LogP contribution < -0.4 is 10.6 Å². The highest BCUT2D eigenvalue weighted by Gasteiger charge is 2.45. The van der Waals surface area contributed by atoms with Crippen LogP contribution in [0.15, 0.2) is 0 Å². The SMILES string of the molecule is CC1CC1N1CC(NC(=O)C2CSCN2)CC1=O. The minimum absolute atomic E-state index is 0.00481. The number of carbonyl (C=O) groups excluding carboxylic acids is 2. The predicted octanol–water partition coefficient (Wildman–Crippen LogP) is -0.226. The lowest BCUT2D eigenvalue weighted by Gasteiger charge is -2.18. The van der Waals surface area contributed by atoms with Crippen LogP contribution in [0, 0.1) is 5.92 Å². The maximum absolute atomic E-state index is 11.9. The smallest absolute Gasteiger partial charge is 0.238 e. The van der Waals surface area contributed by atoms with Crippen LogP contribution >= 0.6 is 11.8 Å². The first kappa shape index (κ1) is 12.3. The summed E-state index contributed by atoms with van der Waals surface area (Å²) in [4.78, 5) is 25.8. The highest BCUT2D eigenvalue weighted by molar-refractivity contribution is 7.99. The number of carbonyl (C=O) groups is 2. The Labute approximate surface area is 111 Å². The number of nitrogens with one attached hydrogen (secondary N) is 2. The first-order valence-electron chi connectivity index (χ1n) is 6.56. The molecule has 2 aliphatic heterocycles. The third kappa shape index (κ3) is 2.36. The van der Waals surface area contributed by atoms with Crippen molar-refractivity contribution in [3.05, 3.63) is 0 Å². The van der Waals surface area contributed by atoms with Gasteiger partial charge in [0, 0.05) is 30.6 Å². The molecule has 4 atom stereocenters. The Morgan fingerprint density at radius 2 is 2.33 bits per heavy atom. The summed E-state index contributed by atoms with van der Waals surface area (Å²) in [6, 6.07) is 0.351. The molecule has 2 saturated heterocycles. The average molecular weight is 269 g/mol. The highest BCUT2D eigenvalue weighted by atomic mass is 32.2. The van der Waals surface area contributed by atoms with Crippen LogP contribution in [0.5, 0.6) is 0 Å². The second kappa shape index (κ2) is 4.74. The molecule has 2 N–H and O–H groups in total. The molecule has 18 heavy (non-hydrogen) atoms. The van der Waals surface area contributed by atoms with Gasteiger partial charge in [-0.05, 0) is 12.3 Å². The maximum atomic E-state index is 11.9. The van der Waals surface area contributed by atoms with Gasteiger partial charge in [-0.2, -0.15) is 0 Å². The number of hydrogen-bond acceptors (Lipinski definition) is 4. The Bertz CT molecular complexity index is 370. The monoisotopic (exact) mass is 269 g/mol. The average Bonchev–Trinajstić information content (AvgIpc) is 2.80. The van der Waals surface area contributed by atoms with E-state index in [4.69, 9.17) is 0 Å². The number of nitrogens with zero attached hydrogens (tertiary/aromatic N) is 1. The number of rotatable bonds is 3. The zero-order chi connectivity index (χ0) is 12.7. The van der Waals surface area contributed by atoms with Crippen LogP contribution in [0.2, 0.25) is 0 Å². The molecule has 5 nitrogen and oxygen atoms in total. The van der Waals surface area contributed by atoms with Crippen LogP contribution in [0.3, 0.4) is 0 Å². The second-order valence-electron chi connectivity index (χ2n) is 5.51. The van der Waals surface area contributed by atoms with Gasteiger partial charge in [-0.15, -0.1) is 11.8 Å². The summed E-state index contributed by atoms with van der Waals surface area (Å²) >= 11 is 1.74. The molecule has 100 valence electrons. The van der Waals surface area contributed by atoms with Crippen LogP contribution in [-0.4, -0.2) is 53.0 Å². The van der Waals surface area contributed by atoms with E-state index in [0.29, 0.717) is 24.9 Å². The Morgan fingerprint density at radius 3 is 2.94 bits per heavy atom. The van der Waals surface area contributed by atoms with E-state index in [1.54, 1.807) is 11.8 Å². The molecule has 1 saturated carbocycles. The molecule has 3 fully saturated rings. The number of amides is 2. The number of thioether (sulfide) groups is 1. The van der Waals surface area contributed by atoms with E-state index in [9.17, 15) is 9.59 Å². The Hall–Kier alpha value is -0.750. The van der Waals surface area contributed by atoms with Crippen molar-refractivity contribution < 1.29 is 9.59 Å². The van der Waals surface area contributed by atoms with Gasteiger partial charge >= 0.3 is 0 Å². The first-order chi connectivity index (χ1) is 8.65. The zero-order valence-corrected chi connectivity index (χ0v) is 11.3. The topological polar surface area (TPSA) is 61.4 Å². The lowest BCUT2D eigenvalue weighted by molar-refractivity contribution is -0.128. The predicted molar refractivity (Wildman–Crippen MR) is 70.1 cm³/mol. The summed E-state index contributed by atoms with van der Waals surface area (Å²) < 4.78 is 0. The summed E-state index contributed by atoms with van der Waals surface area (Å²) in [7, 11) is 0. The van der Waals surface area contributed by atoms with Crippen molar-refractivity contribution in [2.45, 2.75) is 37.9 Å². The molecule has 0 radical (unpaired) electrons. The third-order valence-electron chi connectivity index (χ3n) is 4.00. The number of hydrogen-bond donors (Lipinski definition) is 2. The quantitative estimate of drug-likeness (QED) is 0.743. The van der Waals surface area contributed by atoms with E-state index >= 15 is 0 Å². The first-order valence-corrected chi connectivity index (χ1v) is 7.71. The van der Waals surface area contributed by atoms with Gasteiger partial charge in [-0.1, -0.05) is 6.92 Å². The van der Waals surface area contributed by atoms with Gasteiger partial charge in [-0.3, -0.25) is 14.9 Å². The fourth-order valence-electron chi connectivity index (χ4n) is 2.75. The van der Waals surface area contributed by atoms with Crippen molar-refractivity contribution in [1.82, 2.24) is 15.5 Å². The van der Waals surface area contributed by atoms with Gasteiger partial charge in [0.15, 0.2) is 0 Å². The van der Waals surface area contributed by atoms with Crippen LogP contribution in [0.1, 0.15) is 19.8 Å². The van der Waals surface area contributed by atoms with Gasteiger partial charge in [0.2, 0.25) is 11.8 Å². The Morgan fingerprint density at radius 1 is 1.56 bits per heavy atom. The molecule has 0 bridgehead atoms. The summed E-state index contributed by atoms with van der Waals surface area (Å²) in [6.45, 7) is 2.86. The fourth-order valence-corrected chi connectivity index (χ4v) is 3.69. The van der Waals surface area contributed by atoms with Crippen LogP contribution in [-0.2, 0) is 9.59 Å². The third-order valence-corrected chi connectivity index (χ3v) is 4.94. The lowest BCUT2D eigenvalue weighted by Crippen LogP contribution is -2.47. The molecular formula is C12H19N3O2S. The van der Waals surface area contributed by atoms with E-state index in [-0.39, 0.29) is 23.9 Å². The molecule has 0 aromatic rings. The Balaban J connectivity index is 1.52. The summed E-state index contributed by atoms with van der Waals surface area (Å²) in [5.41, 5.74) is 0. The molecule has 6 heteroatoms. The van der Waals surface area contributed by atoms with E-state index in [0.717, 1.165) is 18.1 Å². The largest absolute Gasteiger partial charge is 0.350 e. The standard InChI is InChI=1S/C12H19N3O2S/c1-7-2-10(7)15-4-8(3-11(15)16)14-12(17)9-5-18-6-13-9/h7-10,13H,2-6H2,1H3,(H,14,17). The van der Waals surface area contributed by atoms with Gasteiger partial charge in [-0.25, -0.2) is 0 Å². The maximum Gasteiger partial charge on any atom is 0.238 e. The van der Waals surface area contributed by atoms with E-state index in [1.807, 2.05) is 4.90 Å². The summed E-state index contributed by atoms with van der Waals surface area (Å²) in [5.74, 6) is 2.55. The lowest BCUT2D eigenvalue weighted by atomic mass is 10.2. The molecule has 2 amide bonds. The molecule has 1 aliphatic carbocycles. The normalized spacial score (nSPS) is 39.2. The molecule has 4 unspecified atom stereocenters. The zero-order valence-electron chi connectivity index (χ0n) is 10.5. The minimum atomic E-state index is -0.0843.